The highest BCUT2D eigenvalue weighted by atomic mass is 35.5. The number of halogens is 1. The lowest BCUT2D eigenvalue weighted by Gasteiger charge is -2.02. The Kier molecular flexibility index (Phi) is 5.01. The Morgan fingerprint density at radius 2 is 1.87 bits per heavy atom. The molecule has 0 aromatic heterocycles. The van der Waals surface area contributed by atoms with E-state index in [0.29, 0.717) is 6.61 Å². The van der Waals surface area contributed by atoms with E-state index in [9.17, 15) is 9.59 Å². The number of hydrogen-bond donors (Lipinski definition) is 0. The molecule has 0 aliphatic heterocycles. The molecule has 0 saturated heterocycles. The fourth-order valence-corrected chi connectivity index (χ4v) is 1.21. The molecule has 1 aromatic carbocycles. The largest absolute Gasteiger partial charge is 0.369 e. The Bertz CT molecular complexity index is 335. The van der Waals surface area contributed by atoms with Crippen molar-refractivity contribution in [3.8, 4) is 0 Å². The van der Waals surface area contributed by atoms with Crippen LogP contribution in [-0.2, 0) is 20.9 Å². The summed E-state index contributed by atoms with van der Waals surface area (Å²) in [6.45, 7) is 0.288. The number of Topliss-reactive ketones (excluding diaryl/α,β-unsaturated/α-hetero) is 1. The SMILES string of the molecule is O=C(Cl)CC(=O)COCc1ccccc1. The molecule has 15 heavy (non-hydrogen) atoms. The number of ether oxygens (including phenoxy) is 1. The fraction of sp³-hybridized carbons (Fsp3) is 0.273. The van der Waals surface area contributed by atoms with Crippen LogP contribution >= 0.6 is 11.6 Å². The van der Waals surface area contributed by atoms with Gasteiger partial charge in [0, 0.05) is 0 Å². The Morgan fingerprint density at radius 3 is 2.47 bits per heavy atom. The van der Waals surface area contributed by atoms with Crippen LogP contribution in [0.15, 0.2) is 30.3 Å². The first-order valence-electron chi connectivity index (χ1n) is 4.50. The molecule has 0 saturated carbocycles. The topological polar surface area (TPSA) is 43.4 Å². The summed E-state index contributed by atoms with van der Waals surface area (Å²) < 4.78 is 5.12. The Morgan fingerprint density at radius 1 is 1.20 bits per heavy atom. The second-order valence-electron chi connectivity index (χ2n) is 3.05. The molecular weight excluding hydrogens is 216 g/mol. The van der Waals surface area contributed by atoms with E-state index in [1.807, 2.05) is 30.3 Å². The molecule has 0 aliphatic rings. The van der Waals surface area contributed by atoms with Gasteiger partial charge in [-0.3, -0.25) is 9.59 Å². The maximum atomic E-state index is 11.0. The van der Waals surface area contributed by atoms with Crippen molar-refractivity contribution in [2.24, 2.45) is 0 Å². The van der Waals surface area contributed by atoms with Gasteiger partial charge in [0.1, 0.15) is 6.61 Å². The van der Waals surface area contributed by atoms with Crippen molar-refractivity contribution in [3.63, 3.8) is 0 Å². The predicted octanol–water partition coefficient (Wildman–Crippen LogP) is 1.93. The van der Waals surface area contributed by atoms with E-state index < -0.39 is 5.24 Å². The van der Waals surface area contributed by atoms with Gasteiger partial charge in [-0.25, -0.2) is 0 Å². The summed E-state index contributed by atoms with van der Waals surface area (Å²) in [6.07, 6.45) is -0.268. The number of carbonyl (C=O) groups excluding carboxylic acids is 2. The van der Waals surface area contributed by atoms with Crippen LogP contribution in [-0.4, -0.2) is 17.6 Å². The van der Waals surface area contributed by atoms with Crippen molar-refractivity contribution in [1.29, 1.82) is 0 Å². The van der Waals surface area contributed by atoms with Crippen molar-refractivity contribution < 1.29 is 14.3 Å². The molecule has 0 atom stereocenters. The molecule has 0 N–H and O–H groups in total. The summed E-state index contributed by atoms with van der Waals surface area (Å²) in [7, 11) is 0. The number of benzene rings is 1. The molecule has 1 rings (SSSR count). The molecule has 0 aliphatic carbocycles. The summed E-state index contributed by atoms with van der Waals surface area (Å²) in [6, 6.07) is 9.49. The van der Waals surface area contributed by atoms with E-state index in [2.05, 4.69) is 0 Å². The normalized spacial score (nSPS) is 9.93. The van der Waals surface area contributed by atoms with E-state index in [-0.39, 0.29) is 18.8 Å². The molecule has 3 nitrogen and oxygen atoms in total. The second-order valence-corrected chi connectivity index (χ2v) is 3.47. The van der Waals surface area contributed by atoms with Crippen LogP contribution < -0.4 is 0 Å². The van der Waals surface area contributed by atoms with Crippen LogP contribution in [0, 0.1) is 0 Å². The van der Waals surface area contributed by atoms with Crippen LogP contribution in [0.25, 0.3) is 0 Å². The zero-order valence-corrected chi connectivity index (χ0v) is 8.87. The summed E-state index contributed by atoms with van der Waals surface area (Å²) in [5.41, 5.74) is 0.988. The third-order valence-electron chi connectivity index (χ3n) is 1.71. The van der Waals surface area contributed by atoms with Crippen molar-refractivity contribution >= 4 is 22.6 Å². The van der Waals surface area contributed by atoms with Crippen molar-refractivity contribution in [2.75, 3.05) is 6.61 Å². The van der Waals surface area contributed by atoms with E-state index >= 15 is 0 Å². The smallest absolute Gasteiger partial charge is 0.229 e. The van der Waals surface area contributed by atoms with Crippen molar-refractivity contribution in [3.05, 3.63) is 35.9 Å². The van der Waals surface area contributed by atoms with Gasteiger partial charge >= 0.3 is 0 Å². The number of hydrogen-bond acceptors (Lipinski definition) is 3. The molecule has 1 aromatic rings. The fourth-order valence-electron chi connectivity index (χ4n) is 1.06. The zero-order valence-electron chi connectivity index (χ0n) is 8.11. The monoisotopic (exact) mass is 226 g/mol. The Labute approximate surface area is 93.0 Å². The zero-order chi connectivity index (χ0) is 11.1. The Balaban J connectivity index is 2.22. The second kappa shape index (κ2) is 6.32. The van der Waals surface area contributed by atoms with E-state index in [1.54, 1.807) is 0 Å². The highest BCUT2D eigenvalue weighted by Gasteiger charge is 2.06. The van der Waals surface area contributed by atoms with Gasteiger partial charge in [0.25, 0.3) is 0 Å². The van der Waals surface area contributed by atoms with Gasteiger partial charge in [-0.2, -0.15) is 0 Å². The Hall–Kier alpha value is -1.19. The average molecular weight is 227 g/mol. The first-order valence-corrected chi connectivity index (χ1v) is 4.88. The highest BCUT2D eigenvalue weighted by Crippen LogP contribution is 2.01. The first kappa shape index (κ1) is 11.9. The third-order valence-corrected chi connectivity index (χ3v) is 1.84. The highest BCUT2D eigenvalue weighted by molar-refractivity contribution is 6.64. The lowest BCUT2D eigenvalue weighted by Crippen LogP contribution is -2.11. The third kappa shape index (κ3) is 5.30. The summed E-state index contributed by atoms with van der Waals surface area (Å²) in [4.78, 5) is 21.4. The number of carbonyl (C=O) groups is 2. The van der Waals surface area contributed by atoms with Gasteiger partial charge in [-0.05, 0) is 17.2 Å². The van der Waals surface area contributed by atoms with Gasteiger partial charge < -0.3 is 4.74 Å². The van der Waals surface area contributed by atoms with Gasteiger partial charge in [0.2, 0.25) is 5.24 Å². The molecule has 0 amide bonds. The predicted molar refractivity (Wildman–Crippen MR) is 56.6 cm³/mol. The number of rotatable bonds is 6. The van der Waals surface area contributed by atoms with Crippen molar-refractivity contribution in [1.82, 2.24) is 0 Å². The van der Waals surface area contributed by atoms with Crippen molar-refractivity contribution in [2.45, 2.75) is 13.0 Å². The average Bonchev–Trinajstić information content (AvgIpc) is 2.18. The number of ketones is 1. The van der Waals surface area contributed by atoms with Gasteiger partial charge in [-0.1, -0.05) is 30.3 Å². The maximum Gasteiger partial charge on any atom is 0.229 e. The lowest BCUT2D eigenvalue weighted by atomic mass is 10.2. The minimum Gasteiger partial charge on any atom is -0.369 e. The summed E-state index contributed by atoms with van der Waals surface area (Å²) >= 11 is 5.05. The van der Waals surface area contributed by atoms with Crippen LogP contribution in [0.1, 0.15) is 12.0 Å². The molecule has 0 bridgehead atoms. The van der Waals surface area contributed by atoms with E-state index in [0.717, 1.165) is 5.56 Å². The van der Waals surface area contributed by atoms with Crippen LogP contribution in [0.4, 0.5) is 0 Å². The summed E-state index contributed by atoms with van der Waals surface area (Å²) in [5, 5.41) is -0.650. The quantitative estimate of drug-likeness (QED) is 0.550. The van der Waals surface area contributed by atoms with E-state index in [4.69, 9.17) is 16.3 Å². The molecule has 0 fully saturated rings. The molecular formula is C11H11ClO3. The molecule has 0 spiro atoms. The lowest BCUT2D eigenvalue weighted by molar-refractivity contribution is -0.127. The van der Waals surface area contributed by atoms with Crippen LogP contribution in [0.5, 0.6) is 0 Å². The molecule has 0 heterocycles. The maximum absolute atomic E-state index is 11.0. The van der Waals surface area contributed by atoms with Gasteiger partial charge in [-0.15, -0.1) is 0 Å². The standard InChI is InChI=1S/C11H11ClO3/c12-11(14)6-10(13)8-15-7-9-4-2-1-3-5-9/h1-5H,6-8H2. The van der Waals surface area contributed by atoms with Gasteiger partial charge in [0.15, 0.2) is 5.78 Å². The minimum atomic E-state index is -0.650. The first-order chi connectivity index (χ1) is 7.18. The van der Waals surface area contributed by atoms with E-state index in [1.165, 1.54) is 0 Å². The summed E-state index contributed by atoms with van der Waals surface area (Å²) in [5.74, 6) is -0.300. The molecule has 4 heteroatoms. The molecule has 80 valence electrons. The van der Waals surface area contributed by atoms with Crippen LogP contribution in [0.2, 0.25) is 0 Å². The van der Waals surface area contributed by atoms with Gasteiger partial charge in [0.05, 0.1) is 13.0 Å². The molecule has 0 unspecified atom stereocenters. The van der Waals surface area contributed by atoms with Crippen LogP contribution in [0.3, 0.4) is 0 Å². The molecule has 0 radical (unpaired) electrons. The minimum absolute atomic E-state index is 0.0760.